The maximum Gasteiger partial charge on any atom is 0.325 e. The Kier molecular flexibility index (Phi) is 4.71. The standard InChI is InChI=1S/C16H19N3O3S2/c1-4-22-10(2)13-17-11(9-24-13)8-19-14(20)16(3,18-15(19)21)12-6-5-7-23-12/h5-7,9-10H,4,8H2,1-3H3,(H,18,21). The third-order valence-electron chi connectivity index (χ3n) is 3.94. The summed E-state index contributed by atoms with van der Waals surface area (Å²) in [5.41, 5.74) is -0.302. The molecule has 1 N–H and O–H groups in total. The molecule has 0 saturated carbocycles. The number of carbonyl (C=O) groups excluding carboxylic acids is 2. The zero-order valence-electron chi connectivity index (χ0n) is 13.7. The lowest BCUT2D eigenvalue weighted by atomic mass is 10.0. The zero-order chi connectivity index (χ0) is 17.3. The number of thiophene rings is 1. The summed E-state index contributed by atoms with van der Waals surface area (Å²) in [4.78, 5) is 31.6. The van der Waals surface area contributed by atoms with Gasteiger partial charge in [0.1, 0.15) is 11.1 Å². The van der Waals surface area contributed by atoms with Crippen LogP contribution in [0.15, 0.2) is 22.9 Å². The van der Waals surface area contributed by atoms with Crippen LogP contribution < -0.4 is 5.32 Å². The molecule has 24 heavy (non-hydrogen) atoms. The molecule has 0 aliphatic carbocycles. The highest BCUT2D eigenvalue weighted by atomic mass is 32.1. The minimum absolute atomic E-state index is 0.0896. The molecule has 6 nitrogen and oxygen atoms in total. The molecule has 3 amide bonds. The van der Waals surface area contributed by atoms with Crippen molar-refractivity contribution in [1.82, 2.24) is 15.2 Å². The summed E-state index contributed by atoms with van der Waals surface area (Å²) in [7, 11) is 0. The number of urea groups is 1. The van der Waals surface area contributed by atoms with E-state index >= 15 is 0 Å². The molecule has 2 aromatic heterocycles. The molecule has 0 spiro atoms. The van der Waals surface area contributed by atoms with E-state index in [9.17, 15) is 9.59 Å². The van der Waals surface area contributed by atoms with Crippen molar-refractivity contribution in [1.29, 1.82) is 0 Å². The lowest BCUT2D eigenvalue weighted by Gasteiger charge is -2.19. The third-order valence-corrected chi connectivity index (χ3v) is 6.09. The first-order chi connectivity index (χ1) is 11.5. The van der Waals surface area contributed by atoms with Crippen molar-refractivity contribution < 1.29 is 14.3 Å². The van der Waals surface area contributed by atoms with Crippen LogP contribution in [-0.2, 0) is 21.6 Å². The highest BCUT2D eigenvalue weighted by molar-refractivity contribution is 7.10. The Morgan fingerprint density at radius 2 is 2.21 bits per heavy atom. The average Bonchev–Trinajstić information content (AvgIpc) is 3.26. The van der Waals surface area contributed by atoms with Crippen LogP contribution in [0, 0.1) is 0 Å². The average molecular weight is 365 g/mol. The first kappa shape index (κ1) is 17.1. The topological polar surface area (TPSA) is 71.5 Å². The molecule has 8 heteroatoms. The number of nitrogens with one attached hydrogen (secondary N) is 1. The summed E-state index contributed by atoms with van der Waals surface area (Å²) in [6, 6.07) is 3.34. The maximum absolute atomic E-state index is 12.8. The summed E-state index contributed by atoms with van der Waals surface area (Å²) in [6.07, 6.45) is -0.0896. The Morgan fingerprint density at radius 3 is 2.88 bits per heavy atom. The van der Waals surface area contributed by atoms with E-state index in [0.29, 0.717) is 12.3 Å². The van der Waals surface area contributed by atoms with E-state index in [1.807, 2.05) is 36.7 Å². The van der Waals surface area contributed by atoms with Gasteiger partial charge in [0.25, 0.3) is 5.91 Å². The van der Waals surface area contributed by atoms with Crippen LogP contribution in [0.5, 0.6) is 0 Å². The van der Waals surface area contributed by atoms with E-state index in [1.165, 1.54) is 27.6 Å². The van der Waals surface area contributed by atoms with Crippen molar-refractivity contribution in [3.8, 4) is 0 Å². The van der Waals surface area contributed by atoms with Crippen molar-refractivity contribution in [3.05, 3.63) is 38.5 Å². The molecule has 0 aromatic carbocycles. The van der Waals surface area contributed by atoms with Gasteiger partial charge in [-0.05, 0) is 32.2 Å². The molecule has 0 bridgehead atoms. The van der Waals surface area contributed by atoms with Crippen LogP contribution in [0.4, 0.5) is 4.79 Å². The van der Waals surface area contributed by atoms with Gasteiger partial charge in [0.15, 0.2) is 5.54 Å². The van der Waals surface area contributed by atoms with Gasteiger partial charge >= 0.3 is 6.03 Å². The number of rotatable bonds is 6. The Hall–Kier alpha value is -1.77. The number of hydrogen-bond acceptors (Lipinski definition) is 6. The molecule has 2 aromatic rings. The van der Waals surface area contributed by atoms with Crippen LogP contribution in [0.2, 0.25) is 0 Å². The van der Waals surface area contributed by atoms with Crippen LogP contribution >= 0.6 is 22.7 Å². The minimum atomic E-state index is -0.997. The van der Waals surface area contributed by atoms with Gasteiger partial charge in [0.05, 0.1) is 12.2 Å². The zero-order valence-corrected chi connectivity index (χ0v) is 15.4. The van der Waals surface area contributed by atoms with E-state index in [-0.39, 0.29) is 24.6 Å². The van der Waals surface area contributed by atoms with Gasteiger partial charge < -0.3 is 10.1 Å². The Bertz CT molecular complexity index is 744. The predicted molar refractivity (Wildman–Crippen MR) is 92.9 cm³/mol. The Labute approximate surface area is 148 Å². The van der Waals surface area contributed by atoms with Crippen LogP contribution in [0.25, 0.3) is 0 Å². The van der Waals surface area contributed by atoms with Gasteiger partial charge in [0, 0.05) is 16.9 Å². The molecule has 128 valence electrons. The number of carbonyl (C=O) groups is 2. The number of thiazole rings is 1. The second kappa shape index (κ2) is 6.62. The normalized spacial score (nSPS) is 22.0. The fourth-order valence-corrected chi connectivity index (χ4v) is 4.28. The van der Waals surface area contributed by atoms with Gasteiger partial charge in [-0.25, -0.2) is 9.78 Å². The summed E-state index contributed by atoms with van der Waals surface area (Å²) in [6.45, 7) is 6.39. The first-order valence-electron chi connectivity index (χ1n) is 7.69. The predicted octanol–water partition coefficient (Wildman–Crippen LogP) is 3.27. The van der Waals surface area contributed by atoms with E-state index in [0.717, 1.165) is 9.88 Å². The third kappa shape index (κ3) is 2.97. The van der Waals surface area contributed by atoms with E-state index in [1.54, 1.807) is 6.92 Å². The SMILES string of the molecule is CCOC(C)c1nc(CN2C(=O)NC(C)(c3cccs3)C2=O)cs1. The minimum Gasteiger partial charge on any atom is -0.372 e. The Morgan fingerprint density at radius 1 is 1.42 bits per heavy atom. The number of nitrogens with zero attached hydrogens (tertiary/aromatic N) is 2. The fourth-order valence-electron chi connectivity index (χ4n) is 2.64. The lowest BCUT2D eigenvalue weighted by Crippen LogP contribution is -2.40. The van der Waals surface area contributed by atoms with Gasteiger partial charge in [-0.15, -0.1) is 22.7 Å². The van der Waals surface area contributed by atoms with E-state index < -0.39 is 5.54 Å². The second-order valence-corrected chi connectivity index (χ2v) is 7.54. The molecule has 3 heterocycles. The van der Waals surface area contributed by atoms with Crippen molar-refractivity contribution >= 4 is 34.6 Å². The van der Waals surface area contributed by atoms with Crippen molar-refractivity contribution in [3.63, 3.8) is 0 Å². The highest BCUT2D eigenvalue weighted by Crippen LogP contribution is 2.33. The number of amides is 3. The van der Waals surface area contributed by atoms with Crippen LogP contribution in [0.3, 0.4) is 0 Å². The number of hydrogen-bond donors (Lipinski definition) is 1. The van der Waals surface area contributed by atoms with Gasteiger partial charge in [0.2, 0.25) is 0 Å². The molecular weight excluding hydrogens is 346 g/mol. The van der Waals surface area contributed by atoms with Gasteiger partial charge in [-0.1, -0.05) is 6.07 Å². The maximum atomic E-state index is 12.8. The molecule has 2 atom stereocenters. The molecular formula is C16H19N3O3S2. The van der Waals surface area contributed by atoms with Crippen LogP contribution in [-0.4, -0.2) is 28.4 Å². The highest BCUT2D eigenvalue weighted by Gasteiger charge is 2.49. The smallest absolute Gasteiger partial charge is 0.325 e. The second-order valence-electron chi connectivity index (χ2n) is 5.70. The van der Waals surface area contributed by atoms with E-state index in [4.69, 9.17) is 4.74 Å². The lowest BCUT2D eigenvalue weighted by molar-refractivity contribution is -0.131. The summed E-state index contributed by atoms with van der Waals surface area (Å²) < 4.78 is 5.52. The molecule has 1 aliphatic rings. The number of ether oxygens (including phenoxy) is 1. The molecule has 1 aliphatic heterocycles. The summed E-state index contributed by atoms with van der Waals surface area (Å²) >= 11 is 2.93. The van der Waals surface area contributed by atoms with Gasteiger partial charge in [-0.3, -0.25) is 9.69 Å². The quantitative estimate of drug-likeness (QED) is 0.798. The molecule has 1 saturated heterocycles. The Balaban J connectivity index is 1.76. The molecule has 0 radical (unpaired) electrons. The van der Waals surface area contributed by atoms with E-state index in [2.05, 4.69) is 10.3 Å². The summed E-state index contributed by atoms with van der Waals surface area (Å²) in [5.74, 6) is -0.248. The molecule has 3 rings (SSSR count). The molecule has 2 unspecified atom stereocenters. The van der Waals surface area contributed by atoms with Gasteiger partial charge in [-0.2, -0.15) is 0 Å². The molecule has 1 fully saturated rings. The van der Waals surface area contributed by atoms with Crippen molar-refractivity contribution in [2.45, 2.75) is 39.0 Å². The van der Waals surface area contributed by atoms with Crippen molar-refractivity contribution in [2.75, 3.05) is 6.61 Å². The largest absolute Gasteiger partial charge is 0.372 e. The fraction of sp³-hybridized carbons (Fsp3) is 0.438. The number of imide groups is 1. The number of aromatic nitrogens is 1. The summed E-state index contributed by atoms with van der Waals surface area (Å²) in [5, 5.41) is 7.41. The monoisotopic (exact) mass is 365 g/mol. The van der Waals surface area contributed by atoms with Crippen molar-refractivity contribution in [2.24, 2.45) is 0 Å². The van der Waals surface area contributed by atoms with Crippen LogP contribution in [0.1, 0.15) is 42.5 Å². The first-order valence-corrected chi connectivity index (χ1v) is 9.45.